The smallest absolute Gasteiger partial charge is 0.223 e. The van der Waals surface area contributed by atoms with Gasteiger partial charge in [-0.2, -0.15) is 0 Å². The van der Waals surface area contributed by atoms with Crippen LogP contribution in [-0.2, 0) is 11.2 Å². The third kappa shape index (κ3) is 4.36. The van der Waals surface area contributed by atoms with Gasteiger partial charge in [0, 0.05) is 48.3 Å². The largest absolute Gasteiger partial charge is 0.356 e. The predicted molar refractivity (Wildman–Crippen MR) is 92.0 cm³/mol. The van der Waals surface area contributed by atoms with E-state index in [1.165, 1.54) is 0 Å². The summed E-state index contributed by atoms with van der Waals surface area (Å²) in [5, 5.41) is 6.21. The molecule has 2 unspecified atom stereocenters. The lowest BCUT2D eigenvalue weighted by atomic mass is 10.1. The number of thiazole rings is 1. The van der Waals surface area contributed by atoms with Crippen LogP contribution in [-0.4, -0.2) is 28.5 Å². The molecule has 122 valence electrons. The van der Waals surface area contributed by atoms with Crippen LogP contribution in [0, 0.1) is 5.92 Å². The number of hydrogen-bond acceptors (Lipinski definition) is 5. The molecule has 3 rings (SSSR count). The molecule has 2 atom stereocenters. The molecule has 0 bridgehead atoms. The topological polar surface area (TPSA) is 80.9 Å². The summed E-state index contributed by atoms with van der Waals surface area (Å²) in [6.07, 6.45) is 8.07. The van der Waals surface area contributed by atoms with Crippen molar-refractivity contribution in [3.05, 3.63) is 34.9 Å². The Morgan fingerprint density at radius 3 is 2.91 bits per heavy atom. The maximum Gasteiger partial charge on any atom is 0.223 e. The number of nitrogens with two attached hydrogens (primary N) is 1. The number of nitrogens with zero attached hydrogens (tertiary/aromatic N) is 2. The molecule has 0 saturated heterocycles. The lowest BCUT2D eigenvalue weighted by molar-refractivity contribution is -0.124. The standard InChI is InChI=1S/C17H22N4OS/c18-14-4-3-13(10-14)17(22)20-7-1-2-16-21-15(11-23-16)12-5-8-19-9-6-12/h5-6,8-9,11,13-14H,1-4,7,10,18H2,(H,20,22). The first kappa shape index (κ1) is 16.1. The van der Waals surface area contributed by atoms with Crippen LogP contribution in [0.3, 0.4) is 0 Å². The van der Waals surface area contributed by atoms with E-state index in [1.807, 2.05) is 12.1 Å². The highest BCUT2D eigenvalue weighted by Gasteiger charge is 2.27. The Morgan fingerprint density at radius 2 is 2.17 bits per heavy atom. The summed E-state index contributed by atoms with van der Waals surface area (Å²) < 4.78 is 0. The molecule has 0 aliphatic heterocycles. The van der Waals surface area contributed by atoms with E-state index in [-0.39, 0.29) is 17.9 Å². The number of carbonyl (C=O) groups excluding carboxylic acids is 1. The van der Waals surface area contributed by atoms with Crippen LogP contribution in [0.15, 0.2) is 29.9 Å². The SMILES string of the molecule is NC1CCC(C(=O)NCCCc2nc(-c3ccncc3)cs2)C1. The van der Waals surface area contributed by atoms with Gasteiger partial charge in [-0.05, 0) is 37.8 Å². The third-order valence-corrected chi connectivity index (χ3v) is 5.15. The Bertz CT molecular complexity index is 643. The van der Waals surface area contributed by atoms with Crippen molar-refractivity contribution in [2.45, 2.75) is 38.1 Å². The van der Waals surface area contributed by atoms with Gasteiger partial charge in [0.05, 0.1) is 10.7 Å². The molecule has 0 radical (unpaired) electrons. The first-order chi connectivity index (χ1) is 11.2. The molecule has 23 heavy (non-hydrogen) atoms. The molecule has 1 fully saturated rings. The van der Waals surface area contributed by atoms with Crippen molar-refractivity contribution in [2.75, 3.05) is 6.54 Å². The number of rotatable bonds is 6. The summed E-state index contributed by atoms with van der Waals surface area (Å²) in [7, 11) is 0. The van der Waals surface area contributed by atoms with E-state index in [4.69, 9.17) is 5.73 Å². The molecule has 1 aliphatic carbocycles. The minimum absolute atomic E-state index is 0.114. The number of aromatic nitrogens is 2. The second kappa shape index (κ2) is 7.66. The van der Waals surface area contributed by atoms with E-state index in [0.717, 1.165) is 48.4 Å². The van der Waals surface area contributed by atoms with E-state index in [9.17, 15) is 4.79 Å². The van der Waals surface area contributed by atoms with Crippen LogP contribution in [0.1, 0.15) is 30.7 Å². The van der Waals surface area contributed by atoms with Gasteiger partial charge in [-0.25, -0.2) is 4.98 Å². The van der Waals surface area contributed by atoms with Crippen molar-refractivity contribution >= 4 is 17.2 Å². The van der Waals surface area contributed by atoms with Crippen molar-refractivity contribution < 1.29 is 4.79 Å². The summed E-state index contributed by atoms with van der Waals surface area (Å²) in [4.78, 5) is 20.7. The Kier molecular flexibility index (Phi) is 5.35. The highest BCUT2D eigenvalue weighted by Crippen LogP contribution is 2.24. The third-order valence-electron chi connectivity index (χ3n) is 4.24. The van der Waals surface area contributed by atoms with Crippen molar-refractivity contribution in [1.29, 1.82) is 0 Å². The monoisotopic (exact) mass is 330 g/mol. The van der Waals surface area contributed by atoms with Gasteiger partial charge in [0.2, 0.25) is 5.91 Å². The molecule has 3 N–H and O–H groups in total. The molecule has 6 heteroatoms. The average molecular weight is 330 g/mol. The summed E-state index contributed by atoms with van der Waals surface area (Å²) in [5.74, 6) is 0.276. The zero-order chi connectivity index (χ0) is 16.1. The minimum Gasteiger partial charge on any atom is -0.356 e. The van der Waals surface area contributed by atoms with Crippen molar-refractivity contribution in [3.63, 3.8) is 0 Å². The molecule has 5 nitrogen and oxygen atoms in total. The highest BCUT2D eigenvalue weighted by atomic mass is 32.1. The van der Waals surface area contributed by atoms with E-state index in [1.54, 1.807) is 23.7 Å². The van der Waals surface area contributed by atoms with Crippen LogP contribution in [0.5, 0.6) is 0 Å². The normalized spacial score (nSPS) is 20.6. The minimum atomic E-state index is 0.114. The number of aryl methyl sites for hydroxylation is 1. The van der Waals surface area contributed by atoms with Crippen molar-refractivity contribution in [2.24, 2.45) is 11.7 Å². The fourth-order valence-corrected chi connectivity index (χ4v) is 3.78. The maximum absolute atomic E-state index is 12.0. The second-order valence-electron chi connectivity index (χ2n) is 6.03. The van der Waals surface area contributed by atoms with Gasteiger partial charge in [-0.1, -0.05) is 0 Å². The summed E-state index contributed by atoms with van der Waals surface area (Å²) in [6, 6.07) is 4.13. The summed E-state index contributed by atoms with van der Waals surface area (Å²) >= 11 is 1.67. The number of amides is 1. The van der Waals surface area contributed by atoms with E-state index in [2.05, 4.69) is 20.7 Å². The fraction of sp³-hybridized carbons (Fsp3) is 0.471. The number of carbonyl (C=O) groups is 1. The zero-order valence-corrected chi connectivity index (χ0v) is 13.9. The average Bonchev–Trinajstić information content (AvgIpc) is 3.21. The van der Waals surface area contributed by atoms with Gasteiger partial charge in [0.25, 0.3) is 0 Å². The zero-order valence-electron chi connectivity index (χ0n) is 13.1. The van der Waals surface area contributed by atoms with Gasteiger partial charge in [-0.15, -0.1) is 11.3 Å². The number of pyridine rings is 1. The van der Waals surface area contributed by atoms with E-state index >= 15 is 0 Å². The molecule has 0 aromatic carbocycles. The van der Waals surface area contributed by atoms with Crippen LogP contribution in [0.4, 0.5) is 0 Å². The Hall–Kier alpha value is -1.79. The van der Waals surface area contributed by atoms with Gasteiger partial charge >= 0.3 is 0 Å². The molecule has 2 aromatic heterocycles. The van der Waals surface area contributed by atoms with Gasteiger partial charge in [0.15, 0.2) is 0 Å². The molecule has 1 aliphatic rings. The van der Waals surface area contributed by atoms with Gasteiger partial charge < -0.3 is 11.1 Å². The van der Waals surface area contributed by atoms with Crippen molar-refractivity contribution in [3.8, 4) is 11.3 Å². The summed E-state index contributed by atoms with van der Waals surface area (Å²) in [6.45, 7) is 0.703. The van der Waals surface area contributed by atoms with Gasteiger partial charge in [-0.3, -0.25) is 9.78 Å². The van der Waals surface area contributed by atoms with Crippen LogP contribution >= 0.6 is 11.3 Å². The van der Waals surface area contributed by atoms with Crippen molar-refractivity contribution in [1.82, 2.24) is 15.3 Å². The lowest BCUT2D eigenvalue weighted by Crippen LogP contribution is -2.31. The second-order valence-corrected chi connectivity index (χ2v) is 6.97. The molecule has 2 aromatic rings. The Balaban J connectivity index is 1.41. The van der Waals surface area contributed by atoms with Crippen LogP contribution in [0.2, 0.25) is 0 Å². The van der Waals surface area contributed by atoms with E-state index < -0.39 is 0 Å². The molecular weight excluding hydrogens is 308 g/mol. The first-order valence-corrected chi connectivity index (χ1v) is 8.98. The maximum atomic E-state index is 12.0. The van der Waals surface area contributed by atoms with Gasteiger partial charge in [0.1, 0.15) is 0 Å². The van der Waals surface area contributed by atoms with Crippen LogP contribution < -0.4 is 11.1 Å². The molecule has 2 heterocycles. The van der Waals surface area contributed by atoms with Crippen LogP contribution in [0.25, 0.3) is 11.3 Å². The Morgan fingerprint density at radius 1 is 1.35 bits per heavy atom. The Labute approximate surface area is 140 Å². The van der Waals surface area contributed by atoms with E-state index in [0.29, 0.717) is 6.54 Å². The molecular formula is C17H22N4OS. The first-order valence-electron chi connectivity index (χ1n) is 8.10. The molecule has 1 amide bonds. The summed E-state index contributed by atoms with van der Waals surface area (Å²) in [5.41, 5.74) is 7.94. The predicted octanol–water partition coefficient (Wildman–Crippen LogP) is 2.38. The number of nitrogens with one attached hydrogen (secondary N) is 1. The lowest BCUT2D eigenvalue weighted by Gasteiger charge is -2.10. The fourth-order valence-electron chi connectivity index (χ4n) is 2.93. The molecule has 0 spiro atoms. The number of hydrogen-bond donors (Lipinski definition) is 2. The quantitative estimate of drug-likeness (QED) is 0.797. The highest BCUT2D eigenvalue weighted by molar-refractivity contribution is 7.09. The molecule has 1 saturated carbocycles.